The Balaban J connectivity index is 2.28. The number of amides is 2. The van der Waals surface area contributed by atoms with Crippen LogP contribution >= 0.6 is 22.9 Å². The summed E-state index contributed by atoms with van der Waals surface area (Å²) in [6.07, 6.45) is 2.14. The number of thiophene rings is 1. The lowest BCUT2D eigenvalue weighted by atomic mass is 10.1. The number of carboxylic acids is 1. The molecule has 7 heteroatoms. The molecular formula is C13H19ClN2O3S. The average Bonchev–Trinajstić information content (AvgIpc) is 2.74. The highest BCUT2D eigenvalue weighted by Crippen LogP contribution is 2.21. The van der Waals surface area contributed by atoms with Gasteiger partial charge in [-0.1, -0.05) is 24.9 Å². The highest BCUT2D eigenvalue weighted by Gasteiger charge is 2.14. The largest absolute Gasteiger partial charge is 0.481 e. The zero-order valence-corrected chi connectivity index (χ0v) is 12.9. The average molecular weight is 319 g/mol. The molecule has 20 heavy (non-hydrogen) atoms. The molecule has 0 bridgehead atoms. The van der Waals surface area contributed by atoms with Crippen molar-refractivity contribution < 1.29 is 14.7 Å². The first-order valence-corrected chi connectivity index (χ1v) is 7.71. The number of carbonyl (C=O) groups is 2. The van der Waals surface area contributed by atoms with Gasteiger partial charge >= 0.3 is 12.0 Å². The molecule has 0 spiro atoms. The Morgan fingerprint density at radius 1 is 1.45 bits per heavy atom. The van der Waals surface area contributed by atoms with Gasteiger partial charge < -0.3 is 15.7 Å². The van der Waals surface area contributed by atoms with Gasteiger partial charge in [0, 0.05) is 17.5 Å². The molecule has 1 aromatic heterocycles. The lowest BCUT2D eigenvalue weighted by Gasteiger charge is -2.16. The summed E-state index contributed by atoms with van der Waals surface area (Å²) in [4.78, 5) is 23.5. The normalized spacial score (nSPS) is 11.9. The molecule has 0 fully saturated rings. The summed E-state index contributed by atoms with van der Waals surface area (Å²) in [5, 5.41) is 14.2. The zero-order valence-electron chi connectivity index (χ0n) is 11.3. The monoisotopic (exact) mass is 318 g/mol. The zero-order chi connectivity index (χ0) is 15.0. The third kappa shape index (κ3) is 6.77. The third-order valence-electron chi connectivity index (χ3n) is 2.68. The van der Waals surface area contributed by atoms with Gasteiger partial charge in [0.25, 0.3) is 0 Å². The van der Waals surface area contributed by atoms with Gasteiger partial charge in [0.15, 0.2) is 0 Å². The fourth-order valence-corrected chi connectivity index (χ4v) is 2.89. The van der Waals surface area contributed by atoms with E-state index in [-0.39, 0.29) is 18.5 Å². The minimum Gasteiger partial charge on any atom is -0.481 e. The smallest absolute Gasteiger partial charge is 0.315 e. The Morgan fingerprint density at radius 2 is 2.20 bits per heavy atom. The first-order chi connectivity index (χ1) is 9.51. The van der Waals surface area contributed by atoms with Crippen LogP contribution in [-0.4, -0.2) is 29.7 Å². The van der Waals surface area contributed by atoms with Crippen LogP contribution in [0.2, 0.25) is 4.34 Å². The van der Waals surface area contributed by atoms with Crippen molar-refractivity contribution in [1.29, 1.82) is 0 Å². The molecule has 3 N–H and O–H groups in total. The summed E-state index contributed by atoms with van der Waals surface area (Å²) in [6.45, 7) is 2.45. The van der Waals surface area contributed by atoms with E-state index in [1.165, 1.54) is 11.3 Å². The van der Waals surface area contributed by atoms with Crippen molar-refractivity contribution in [3.8, 4) is 0 Å². The van der Waals surface area contributed by atoms with Gasteiger partial charge in [0.2, 0.25) is 0 Å². The van der Waals surface area contributed by atoms with E-state index >= 15 is 0 Å². The standard InChI is InChI=1S/C13H19ClN2O3S/c1-2-3-9(8-12(17)18)16-13(19)15-7-6-10-4-5-11(14)20-10/h4-5,9H,2-3,6-8H2,1H3,(H,17,18)(H2,15,16,19). The maximum Gasteiger partial charge on any atom is 0.315 e. The van der Waals surface area contributed by atoms with Crippen LogP contribution in [-0.2, 0) is 11.2 Å². The molecule has 1 unspecified atom stereocenters. The molecule has 0 aliphatic heterocycles. The maximum absolute atomic E-state index is 11.7. The highest BCUT2D eigenvalue weighted by molar-refractivity contribution is 7.16. The number of aliphatic carboxylic acids is 1. The van der Waals surface area contributed by atoms with Crippen molar-refractivity contribution >= 4 is 34.9 Å². The summed E-state index contributed by atoms with van der Waals surface area (Å²) in [6, 6.07) is 3.10. The van der Waals surface area contributed by atoms with Crippen LogP contribution < -0.4 is 10.6 Å². The topological polar surface area (TPSA) is 78.4 Å². The molecule has 0 radical (unpaired) electrons. The fourth-order valence-electron chi connectivity index (χ4n) is 1.81. The number of nitrogens with one attached hydrogen (secondary N) is 2. The summed E-state index contributed by atoms with van der Waals surface area (Å²) >= 11 is 7.30. The Bertz CT molecular complexity index is 451. The molecule has 1 aromatic rings. The molecule has 5 nitrogen and oxygen atoms in total. The molecule has 0 saturated carbocycles. The molecule has 0 aromatic carbocycles. The van der Waals surface area contributed by atoms with Crippen molar-refractivity contribution in [2.45, 2.75) is 38.6 Å². The minimum absolute atomic E-state index is 0.0538. The molecule has 0 aliphatic rings. The summed E-state index contributed by atoms with van der Waals surface area (Å²) < 4.78 is 0.730. The quantitative estimate of drug-likeness (QED) is 0.689. The van der Waals surface area contributed by atoms with Crippen molar-refractivity contribution in [3.05, 3.63) is 21.3 Å². The predicted octanol–water partition coefficient (Wildman–Crippen LogP) is 2.89. The Kier molecular flexibility index (Phi) is 7.40. The van der Waals surface area contributed by atoms with E-state index < -0.39 is 5.97 Å². The van der Waals surface area contributed by atoms with Crippen LogP contribution in [0.5, 0.6) is 0 Å². The fraction of sp³-hybridized carbons (Fsp3) is 0.538. The molecular weight excluding hydrogens is 300 g/mol. The van der Waals surface area contributed by atoms with Gasteiger partial charge in [-0.05, 0) is 25.0 Å². The van der Waals surface area contributed by atoms with Crippen LogP contribution in [0.15, 0.2) is 12.1 Å². The molecule has 1 atom stereocenters. The number of urea groups is 1. The van der Waals surface area contributed by atoms with E-state index in [0.717, 1.165) is 15.6 Å². The predicted molar refractivity (Wildman–Crippen MR) is 80.5 cm³/mol. The van der Waals surface area contributed by atoms with E-state index in [9.17, 15) is 9.59 Å². The third-order valence-corrected chi connectivity index (χ3v) is 3.97. The van der Waals surface area contributed by atoms with Gasteiger partial charge in [-0.2, -0.15) is 0 Å². The number of rotatable bonds is 8. The van der Waals surface area contributed by atoms with Gasteiger partial charge in [0.05, 0.1) is 10.8 Å². The summed E-state index contributed by atoms with van der Waals surface area (Å²) in [7, 11) is 0. The van der Waals surface area contributed by atoms with E-state index in [1.807, 2.05) is 19.1 Å². The molecule has 0 saturated heterocycles. The molecule has 112 valence electrons. The number of carbonyl (C=O) groups excluding carboxylic acids is 1. The highest BCUT2D eigenvalue weighted by atomic mass is 35.5. The van der Waals surface area contributed by atoms with Crippen molar-refractivity contribution in [1.82, 2.24) is 10.6 Å². The van der Waals surface area contributed by atoms with E-state index in [1.54, 1.807) is 0 Å². The first kappa shape index (κ1) is 16.8. The van der Waals surface area contributed by atoms with Crippen molar-refractivity contribution in [2.75, 3.05) is 6.54 Å². The second kappa shape index (κ2) is 8.81. The molecule has 1 rings (SSSR count). The van der Waals surface area contributed by atoms with Crippen LogP contribution in [0.25, 0.3) is 0 Å². The second-order valence-corrected chi connectivity index (χ2v) is 6.24. The first-order valence-electron chi connectivity index (χ1n) is 6.51. The number of hydrogen-bond acceptors (Lipinski definition) is 3. The lowest BCUT2D eigenvalue weighted by molar-refractivity contribution is -0.137. The van der Waals surface area contributed by atoms with Crippen LogP contribution in [0.3, 0.4) is 0 Å². The number of hydrogen-bond donors (Lipinski definition) is 3. The lowest BCUT2D eigenvalue weighted by Crippen LogP contribution is -2.43. The van der Waals surface area contributed by atoms with E-state index in [4.69, 9.17) is 16.7 Å². The van der Waals surface area contributed by atoms with Crippen LogP contribution in [0.4, 0.5) is 4.79 Å². The van der Waals surface area contributed by atoms with Crippen LogP contribution in [0, 0.1) is 0 Å². The van der Waals surface area contributed by atoms with E-state index in [0.29, 0.717) is 19.4 Å². The number of carboxylic acid groups (broad SMARTS) is 1. The summed E-state index contributed by atoms with van der Waals surface area (Å²) in [5.41, 5.74) is 0. The van der Waals surface area contributed by atoms with Gasteiger partial charge in [-0.25, -0.2) is 4.79 Å². The Labute approximate surface area is 127 Å². The second-order valence-electron chi connectivity index (χ2n) is 4.44. The molecule has 1 heterocycles. The van der Waals surface area contributed by atoms with Crippen molar-refractivity contribution in [3.63, 3.8) is 0 Å². The number of halogens is 1. The van der Waals surface area contributed by atoms with E-state index in [2.05, 4.69) is 10.6 Å². The summed E-state index contributed by atoms with van der Waals surface area (Å²) in [5.74, 6) is -0.906. The van der Waals surface area contributed by atoms with Crippen molar-refractivity contribution in [2.24, 2.45) is 0 Å². The Hall–Kier alpha value is -1.27. The maximum atomic E-state index is 11.7. The van der Waals surface area contributed by atoms with Gasteiger partial charge in [0.1, 0.15) is 0 Å². The van der Waals surface area contributed by atoms with Gasteiger partial charge in [-0.3, -0.25) is 4.79 Å². The minimum atomic E-state index is -0.906. The molecule has 0 aliphatic carbocycles. The van der Waals surface area contributed by atoms with Crippen LogP contribution in [0.1, 0.15) is 31.1 Å². The molecule has 2 amide bonds. The Morgan fingerprint density at radius 3 is 2.75 bits per heavy atom. The van der Waals surface area contributed by atoms with Gasteiger partial charge in [-0.15, -0.1) is 11.3 Å². The SMILES string of the molecule is CCCC(CC(=O)O)NC(=O)NCCc1ccc(Cl)s1.